The average Bonchev–Trinajstić information content (AvgIpc) is 2.87. The molecule has 1 fully saturated rings. The van der Waals surface area contributed by atoms with Gasteiger partial charge in [-0.1, -0.05) is 0 Å². The van der Waals surface area contributed by atoms with Crippen LogP contribution < -0.4 is 11.1 Å². The molecular weight excluding hydrogens is 250 g/mol. The molecule has 5 nitrogen and oxygen atoms in total. The van der Waals surface area contributed by atoms with Gasteiger partial charge in [-0.05, 0) is 26.0 Å². The molecule has 18 heavy (non-hydrogen) atoms. The van der Waals surface area contributed by atoms with E-state index < -0.39 is 5.91 Å². The van der Waals surface area contributed by atoms with E-state index in [4.69, 9.17) is 5.73 Å². The summed E-state index contributed by atoms with van der Waals surface area (Å²) in [5, 5.41) is 4.83. The number of likely N-dealkylation sites (N-methyl/N-ethyl adjacent to an activating group) is 1. The summed E-state index contributed by atoms with van der Waals surface area (Å²) in [6, 6.07) is 1.94. The highest BCUT2D eigenvalue weighted by molar-refractivity contribution is 7.12. The maximum atomic E-state index is 12.3. The summed E-state index contributed by atoms with van der Waals surface area (Å²) in [5.41, 5.74) is 5.59. The monoisotopic (exact) mass is 267 g/mol. The first-order valence-corrected chi connectivity index (χ1v) is 6.84. The third-order valence-electron chi connectivity index (χ3n) is 3.21. The maximum Gasteiger partial charge on any atom is 0.263 e. The Hall–Kier alpha value is -1.40. The fraction of sp³-hybridized carbons (Fsp3) is 0.500. The van der Waals surface area contributed by atoms with Crippen LogP contribution in [0.5, 0.6) is 0 Å². The van der Waals surface area contributed by atoms with Crippen molar-refractivity contribution in [3.8, 4) is 0 Å². The van der Waals surface area contributed by atoms with Crippen LogP contribution in [0.2, 0.25) is 0 Å². The van der Waals surface area contributed by atoms with Crippen molar-refractivity contribution in [2.45, 2.75) is 18.9 Å². The first kappa shape index (κ1) is 13.0. The molecule has 1 aromatic heterocycles. The van der Waals surface area contributed by atoms with Crippen LogP contribution in [-0.4, -0.2) is 42.9 Å². The minimum Gasteiger partial charge on any atom is -0.366 e. The largest absolute Gasteiger partial charge is 0.366 e. The third-order valence-corrected chi connectivity index (χ3v) is 4.13. The highest BCUT2D eigenvalue weighted by Crippen LogP contribution is 2.19. The van der Waals surface area contributed by atoms with Gasteiger partial charge in [0.05, 0.1) is 10.4 Å². The molecule has 0 spiro atoms. The molecule has 0 saturated carbocycles. The fourth-order valence-electron chi connectivity index (χ4n) is 2.13. The van der Waals surface area contributed by atoms with Crippen molar-refractivity contribution in [3.05, 3.63) is 21.9 Å². The van der Waals surface area contributed by atoms with Gasteiger partial charge < -0.3 is 16.0 Å². The number of carbonyl (C=O) groups is 2. The minimum absolute atomic E-state index is 0.00699. The van der Waals surface area contributed by atoms with Gasteiger partial charge in [0.25, 0.3) is 5.91 Å². The van der Waals surface area contributed by atoms with Gasteiger partial charge in [0.15, 0.2) is 0 Å². The minimum atomic E-state index is -0.489. The molecule has 0 unspecified atom stereocenters. The molecule has 3 N–H and O–H groups in total. The lowest BCUT2D eigenvalue weighted by Gasteiger charge is -2.32. The lowest BCUT2D eigenvalue weighted by Crippen LogP contribution is -2.46. The van der Waals surface area contributed by atoms with Gasteiger partial charge in [-0.15, -0.1) is 11.3 Å². The van der Waals surface area contributed by atoms with Gasteiger partial charge in [0.1, 0.15) is 0 Å². The molecule has 1 atom stereocenters. The second-order valence-corrected chi connectivity index (χ2v) is 5.35. The van der Waals surface area contributed by atoms with E-state index in [-0.39, 0.29) is 5.91 Å². The number of nitrogens with zero attached hydrogens (tertiary/aromatic N) is 1. The first-order chi connectivity index (χ1) is 8.61. The lowest BCUT2D eigenvalue weighted by molar-refractivity contribution is 0.0703. The van der Waals surface area contributed by atoms with Crippen molar-refractivity contribution < 1.29 is 9.59 Å². The van der Waals surface area contributed by atoms with Crippen molar-refractivity contribution in [1.82, 2.24) is 10.2 Å². The molecule has 2 rings (SSSR count). The molecule has 0 aromatic carbocycles. The lowest BCUT2D eigenvalue weighted by atomic mass is 10.1. The van der Waals surface area contributed by atoms with Crippen molar-refractivity contribution in [1.29, 1.82) is 0 Å². The predicted molar refractivity (Wildman–Crippen MR) is 70.8 cm³/mol. The zero-order chi connectivity index (χ0) is 13.1. The van der Waals surface area contributed by atoms with E-state index in [9.17, 15) is 9.59 Å². The summed E-state index contributed by atoms with van der Waals surface area (Å²) in [7, 11) is 1.91. The molecule has 1 aliphatic rings. The molecule has 2 amide bonds. The molecule has 1 aromatic rings. The van der Waals surface area contributed by atoms with E-state index in [1.165, 1.54) is 11.3 Å². The van der Waals surface area contributed by atoms with Crippen molar-refractivity contribution >= 4 is 23.2 Å². The number of amides is 2. The highest BCUT2D eigenvalue weighted by atomic mass is 32.1. The van der Waals surface area contributed by atoms with E-state index in [2.05, 4.69) is 5.32 Å². The number of rotatable bonds is 3. The number of hydrogen-bond donors (Lipinski definition) is 2. The summed E-state index contributed by atoms with van der Waals surface area (Å²) in [6.07, 6.45) is 2.10. The second kappa shape index (κ2) is 5.49. The standard InChI is InChI=1S/C12H17N3O2S/c1-14-9-3-2-4-15(6-9)12(17)10-5-8(7-18-10)11(13)16/h5,7,9,14H,2-4,6H2,1H3,(H2,13,16)/t9-/m1/s1. The van der Waals surface area contributed by atoms with Crippen molar-refractivity contribution in [2.24, 2.45) is 5.73 Å². The molecule has 1 aliphatic heterocycles. The van der Waals surface area contributed by atoms with Gasteiger partial charge in [-0.3, -0.25) is 9.59 Å². The predicted octanol–water partition coefficient (Wildman–Crippen LogP) is 0.671. The topological polar surface area (TPSA) is 75.4 Å². The SMILES string of the molecule is CN[C@@H]1CCCN(C(=O)c2cc(C(N)=O)cs2)C1. The van der Waals surface area contributed by atoms with Crippen LogP contribution in [0.15, 0.2) is 11.4 Å². The molecule has 0 bridgehead atoms. The highest BCUT2D eigenvalue weighted by Gasteiger charge is 2.24. The summed E-state index contributed by atoms with van der Waals surface area (Å²) < 4.78 is 0. The normalized spacial score (nSPS) is 19.8. The zero-order valence-electron chi connectivity index (χ0n) is 10.3. The summed E-state index contributed by atoms with van der Waals surface area (Å²) >= 11 is 1.28. The Balaban J connectivity index is 2.07. The Bertz CT molecular complexity index is 458. The van der Waals surface area contributed by atoms with Crippen LogP contribution in [-0.2, 0) is 0 Å². The Morgan fingerprint density at radius 1 is 1.56 bits per heavy atom. The van der Waals surface area contributed by atoms with E-state index >= 15 is 0 Å². The number of nitrogens with one attached hydrogen (secondary N) is 1. The maximum absolute atomic E-state index is 12.3. The first-order valence-electron chi connectivity index (χ1n) is 5.96. The Kier molecular flexibility index (Phi) is 3.98. The van der Waals surface area contributed by atoms with Crippen LogP contribution >= 0.6 is 11.3 Å². The number of piperidine rings is 1. The second-order valence-electron chi connectivity index (χ2n) is 4.44. The van der Waals surface area contributed by atoms with Crippen molar-refractivity contribution in [3.63, 3.8) is 0 Å². The van der Waals surface area contributed by atoms with Crippen LogP contribution in [0.4, 0.5) is 0 Å². The van der Waals surface area contributed by atoms with Gasteiger partial charge in [0, 0.05) is 24.5 Å². The fourth-order valence-corrected chi connectivity index (χ4v) is 2.99. The van der Waals surface area contributed by atoms with E-state index in [1.807, 2.05) is 11.9 Å². The third kappa shape index (κ3) is 2.70. The summed E-state index contributed by atoms with van der Waals surface area (Å²) in [5.74, 6) is -0.496. The molecule has 0 radical (unpaired) electrons. The van der Waals surface area contributed by atoms with E-state index in [0.717, 1.165) is 25.9 Å². The molecule has 6 heteroatoms. The molecular formula is C12H17N3O2S. The van der Waals surface area contributed by atoms with Gasteiger partial charge in [-0.25, -0.2) is 0 Å². The number of nitrogens with two attached hydrogens (primary N) is 1. The number of primary amides is 1. The summed E-state index contributed by atoms with van der Waals surface area (Å²) in [6.45, 7) is 1.50. The Labute approximate surface area is 110 Å². The Morgan fingerprint density at radius 3 is 2.94 bits per heavy atom. The smallest absolute Gasteiger partial charge is 0.263 e. The molecule has 2 heterocycles. The molecule has 98 valence electrons. The molecule has 1 saturated heterocycles. The average molecular weight is 267 g/mol. The van der Waals surface area contributed by atoms with Gasteiger partial charge in [-0.2, -0.15) is 0 Å². The van der Waals surface area contributed by atoms with Crippen LogP contribution in [0.1, 0.15) is 32.9 Å². The van der Waals surface area contributed by atoms with Gasteiger partial charge >= 0.3 is 0 Å². The van der Waals surface area contributed by atoms with Gasteiger partial charge in [0.2, 0.25) is 5.91 Å². The number of carbonyl (C=O) groups excluding carboxylic acids is 2. The quantitative estimate of drug-likeness (QED) is 0.845. The summed E-state index contributed by atoms with van der Waals surface area (Å²) in [4.78, 5) is 25.7. The zero-order valence-corrected chi connectivity index (χ0v) is 11.1. The number of hydrogen-bond acceptors (Lipinski definition) is 4. The number of likely N-dealkylation sites (tertiary alicyclic amines) is 1. The van der Waals surface area contributed by atoms with E-state index in [1.54, 1.807) is 11.4 Å². The Morgan fingerprint density at radius 2 is 2.33 bits per heavy atom. The van der Waals surface area contributed by atoms with Crippen molar-refractivity contribution in [2.75, 3.05) is 20.1 Å². The van der Waals surface area contributed by atoms with Crippen LogP contribution in [0.3, 0.4) is 0 Å². The van der Waals surface area contributed by atoms with Crippen LogP contribution in [0, 0.1) is 0 Å². The molecule has 0 aliphatic carbocycles. The van der Waals surface area contributed by atoms with E-state index in [0.29, 0.717) is 16.5 Å². The number of thiophene rings is 1. The van der Waals surface area contributed by atoms with Crippen LogP contribution in [0.25, 0.3) is 0 Å².